The first-order valence-electron chi connectivity index (χ1n) is 6.56. The van der Waals surface area contributed by atoms with Crippen LogP contribution in [-0.4, -0.2) is 24.9 Å². The maximum absolute atomic E-state index is 13.7. The van der Waals surface area contributed by atoms with Gasteiger partial charge in [0.25, 0.3) is 0 Å². The third-order valence-corrected chi connectivity index (χ3v) is 2.82. The molecule has 0 heterocycles. The molecule has 0 aliphatic heterocycles. The Morgan fingerprint density at radius 2 is 1.86 bits per heavy atom. The first kappa shape index (κ1) is 17.0. The quantitative estimate of drug-likeness (QED) is 0.820. The van der Waals surface area contributed by atoms with Crippen molar-refractivity contribution in [1.82, 2.24) is 5.32 Å². The number of amides is 2. The van der Waals surface area contributed by atoms with E-state index in [1.54, 1.807) is 0 Å². The molecule has 0 unspecified atom stereocenters. The number of rotatable bonds is 6. The van der Waals surface area contributed by atoms with E-state index in [0.717, 1.165) is 30.4 Å². The summed E-state index contributed by atoms with van der Waals surface area (Å²) in [4.78, 5) is 23.9. The van der Waals surface area contributed by atoms with Crippen molar-refractivity contribution in [2.24, 2.45) is 0 Å². The second-order valence-electron chi connectivity index (χ2n) is 4.47. The molecule has 0 aliphatic rings. The van der Waals surface area contributed by atoms with E-state index in [1.165, 1.54) is 0 Å². The van der Waals surface area contributed by atoms with Crippen LogP contribution in [0.25, 0.3) is 0 Å². The van der Waals surface area contributed by atoms with Gasteiger partial charge in [-0.3, -0.25) is 9.59 Å². The third-order valence-electron chi connectivity index (χ3n) is 2.82. The van der Waals surface area contributed by atoms with Gasteiger partial charge in [-0.15, -0.1) is 0 Å². The van der Waals surface area contributed by atoms with Crippen molar-refractivity contribution in [2.75, 3.05) is 18.0 Å². The van der Waals surface area contributed by atoms with Gasteiger partial charge in [0.05, 0.1) is 5.69 Å². The van der Waals surface area contributed by atoms with Gasteiger partial charge in [-0.05, 0) is 18.6 Å². The third kappa shape index (κ3) is 4.47. The molecule has 21 heavy (non-hydrogen) atoms. The van der Waals surface area contributed by atoms with E-state index in [9.17, 15) is 22.8 Å². The number of nitrogens with zero attached hydrogens (tertiary/aromatic N) is 1. The summed E-state index contributed by atoms with van der Waals surface area (Å²) in [6.45, 7) is 3.43. The van der Waals surface area contributed by atoms with Crippen molar-refractivity contribution in [3.8, 4) is 0 Å². The van der Waals surface area contributed by atoms with Crippen molar-refractivity contribution < 1.29 is 22.8 Å². The summed E-state index contributed by atoms with van der Waals surface area (Å²) < 4.78 is 39.8. The fourth-order valence-electron chi connectivity index (χ4n) is 1.74. The molecule has 0 fully saturated rings. The Balaban J connectivity index is 2.86. The molecule has 0 atom stereocenters. The van der Waals surface area contributed by atoms with E-state index >= 15 is 0 Å². The number of carbonyl (C=O) groups is 2. The molecule has 1 N–H and O–H groups in total. The lowest BCUT2D eigenvalue weighted by Crippen LogP contribution is -2.34. The second-order valence-corrected chi connectivity index (χ2v) is 4.47. The monoisotopic (exact) mass is 302 g/mol. The molecule has 0 aliphatic carbocycles. The molecule has 1 aromatic carbocycles. The first-order valence-corrected chi connectivity index (χ1v) is 6.56. The van der Waals surface area contributed by atoms with Crippen LogP contribution in [0.5, 0.6) is 0 Å². The van der Waals surface area contributed by atoms with Crippen LogP contribution < -0.4 is 10.2 Å². The molecule has 0 bridgehead atoms. The molecule has 0 spiro atoms. The van der Waals surface area contributed by atoms with Gasteiger partial charge in [-0.2, -0.15) is 0 Å². The van der Waals surface area contributed by atoms with Crippen LogP contribution in [0.3, 0.4) is 0 Å². The number of nitrogens with one attached hydrogen (secondary N) is 1. The predicted molar refractivity (Wildman–Crippen MR) is 72.3 cm³/mol. The van der Waals surface area contributed by atoms with Crippen LogP contribution >= 0.6 is 0 Å². The summed E-state index contributed by atoms with van der Waals surface area (Å²) >= 11 is 0. The highest BCUT2D eigenvalue weighted by molar-refractivity contribution is 5.92. The SMILES string of the molecule is CCCNC(=O)CCN(C(C)=O)c1ccc(F)c(F)c1F. The van der Waals surface area contributed by atoms with Crippen LogP contribution in [0.2, 0.25) is 0 Å². The minimum Gasteiger partial charge on any atom is -0.356 e. The highest BCUT2D eigenvalue weighted by atomic mass is 19.2. The Morgan fingerprint density at radius 1 is 1.19 bits per heavy atom. The standard InChI is InChI=1S/C14H17F3N2O2/c1-3-7-18-12(21)6-8-19(9(2)20)11-5-4-10(15)13(16)14(11)17/h4-5H,3,6-8H2,1-2H3,(H,18,21). The van der Waals surface area contributed by atoms with Gasteiger partial charge in [0.15, 0.2) is 17.5 Å². The lowest BCUT2D eigenvalue weighted by molar-refractivity contribution is -0.121. The van der Waals surface area contributed by atoms with Crippen LogP contribution in [-0.2, 0) is 9.59 Å². The Morgan fingerprint density at radius 3 is 2.43 bits per heavy atom. The van der Waals surface area contributed by atoms with Gasteiger partial charge in [0.2, 0.25) is 11.8 Å². The summed E-state index contributed by atoms with van der Waals surface area (Å²) in [6, 6.07) is 1.71. The number of carbonyl (C=O) groups excluding carboxylic acids is 2. The molecular weight excluding hydrogens is 285 g/mol. The Labute approximate surface area is 120 Å². The van der Waals surface area contributed by atoms with Gasteiger partial charge in [-0.1, -0.05) is 6.92 Å². The van der Waals surface area contributed by atoms with Crippen LogP contribution in [0.15, 0.2) is 12.1 Å². The van der Waals surface area contributed by atoms with E-state index in [-0.39, 0.29) is 24.6 Å². The molecule has 1 aromatic rings. The summed E-state index contributed by atoms with van der Waals surface area (Å²) in [5.74, 6) is -5.29. The number of hydrogen-bond donors (Lipinski definition) is 1. The fraction of sp³-hybridized carbons (Fsp3) is 0.429. The topological polar surface area (TPSA) is 49.4 Å². The van der Waals surface area contributed by atoms with E-state index < -0.39 is 23.4 Å². The summed E-state index contributed by atoms with van der Waals surface area (Å²) in [5.41, 5.74) is -0.385. The van der Waals surface area contributed by atoms with Crippen molar-refractivity contribution in [1.29, 1.82) is 0 Å². The second kappa shape index (κ2) is 7.66. The molecule has 1 rings (SSSR count). The maximum Gasteiger partial charge on any atom is 0.223 e. The van der Waals surface area contributed by atoms with Gasteiger partial charge < -0.3 is 10.2 Å². The predicted octanol–water partition coefficient (Wildman–Crippen LogP) is 2.37. The van der Waals surface area contributed by atoms with E-state index in [2.05, 4.69) is 5.32 Å². The number of halogens is 3. The number of benzene rings is 1. The van der Waals surface area contributed by atoms with Crippen molar-refractivity contribution >= 4 is 17.5 Å². The number of anilines is 1. The van der Waals surface area contributed by atoms with Gasteiger partial charge in [0.1, 0.15) is 0 Å². The Bertz CT molecular complexity index is 535. The fourth-order valence-corrected chi connectivity index (χ4v) is 1.74. The molecule has 7 heteroatoms. The zero-order valence-electron chi connectivity index (χ0n) is 11.9. The molecular formula is C14H17F3N2O2. The maximum atomic E-state index is 13.7. The molecule has 0 saturated carbocycles. The van der Waals surface area contributed by atoms with Crippen LogP contribution in [0.4, 0.5) is 18.9 Å². The van der Waals surface area contributed by atoms with Crippen molar-refractivity contribution in [3.63, 3.8) is 0 Å². The van der Waals surface area contributed by atoms with Crippen molar-refractivity contribution in [2.45, 2.75) is 26.7 Å². The average molecular weight is 302 g/mol. The largest absolute Gasteiger partial charge is 0.356 e. The number of hydrogen-bond acceptors (Lipinski definition) is 2. The molecule has 0 aromatic heterocycles. The Hall–Kier alpha value is -2.05. The summed E-state index contributed by atoms with van der Waals surface area (Å²) in [6.07, 6.45) is 0.706. The molecule has 0 radical (unpaired) electrons. The summed E-state index contributed by atoms with van der Waals surface area (Å²) in [5, 5.41) is 2.61. The van der Waals surface area contributed by atoms with Gasteiger partial charge in [-0.25, -0.2) is 13.2 Å². The average Bonchev–Trinajstić information content (AvgIpc) is 2.44. The van der Waals surface area contributed by atoms with Crippen LogP contribution in [0.1, 0.15) is 26.7 Å². The normalized spacial score (nSPS) is 10.3. The summed E-state index contributed by atoms with van der Waals surface area (Å²) in [7, 11) is 0. The molecule has 4 nitrogen and oxygen atoms in total. The smallest absolute Gasteiger partial charge is 0.223 e. The molecule has 116 valence electrons. The highest BCUT2D eigenvalue weighted by Crippen LogP contribution is 2.24. The van der Waals surface area contributed by atoms with Crippen molar-refractivity contribution in [3.05, 3.63) is 29.6 Å². The highest BCUT2D eigenvalue weighted by Gasteiger charge is 2.21. The lowest BCUT2D eigenvalue weighted by atomic mass is 10.2. The minimum absolute atomic E-state index is 0.0575. The first-order chi connectivity index (χ1) is 9.88. The zero-order chi connectivity index (χ0) is 16.0. The minimum atomic E-state index is -1.64. The zero-order valence-corrected chi connectivity index (χ0v) is 11.9. The van der Waals surface area contributed by atoms with E-state index in [0.29, 0.717) is 6.54 Å². The van der Waals surface area contributed by atoms with E-state index in [1.807, 2.05) is 6.92 Å². The van der Waals surface area contributed by atoms with E-state index in [4.69, 9.17) is 0 Å². The Kier molecular flexibility index (Phi) is 6.20. The van der Waals surface area contributed by atoms with Gasteiger partial charge in [0, 0.05) is 26.4 Å². The molecule has 2 amide bonds. The lowest BCUT2D eigenvalue weighted by Gasteiger charge is -2.21. The van der Waals surface area contributed by atoms with Crippen LogP contribution in [0, 0.1) is 17.5 Å². The van der Waals surface area contributed by atoms with Gasteiger partial charge >= 0.3 is 0 Å². The molecule has 0 saturated heterocycles.